The van der Waals surface area contributed by atoms with E-state index in [1.54, 1.807) is 41.8 Å². The minimum absolute atomic E-state index is 0.0562. The number of hydrogen-bond acceptors (Lipinski definition) is 8. The van der Waals surface area contributed by atoms with Gasteiger partial charge in [-0.15, -0.1) is 11.3 Å². The summed E-state index contributed by atoms with van der Waals surface area (Å²) in [6.07, 6.45) is -0.260. The van der Waals surface area contributed by atoms with Crippen LogP contribution in [0.25, 0.3) is 0 Å². The van der Waals surface area contributed by atoms with Gasteiger partial charge in [-0.3, -0.25) is 28.3 Å². The van der Waals surface area contributed by atoms with Gasteiger partial charge in [0.15, 0.2) is 12.4 Å². The number of esters is 1. The first-order valence-corrected chi connectivity index (χ1v) is 10.6. The number of anilines is 1. The highest BCUT2D eigenvalue weighted by Crippen LogP contribution is 2.13. The molecule has 2 heterocycles. The lowest BCUT2D eigenvalue weighted by molar-refractivity contribution is -0.142. The molecule has 10 heteroatoms. The Hall–Kier alpha value is -3.79. The molecule has 0 aliphatic carbocycles. The molecule has 0 atom stereocenters. The van der Waals surface area contributed by atoms with Crippen molar-refractivity contribution in [2.24, 2.45) is 7.05 Å². The third kappa shape index (κ3) is 5.09. The van der Waals surface area contributed by atoms with Crippen LogP contribution in [0.5, 0.6) is 0 Å². The number of nitrogen functional groups attached to an aromatic ring is 1. The Kier molecular flexibility index (Phi) is 7.16. The number of nitrogens with two attached hydrogens (primary N) is 1. The predicted octanol–water partition coefficient (Wildman–Crippen LogP) is 1.63. The van der Waals surface area contributed by atoms with Crippen LogP contribution in [0, 0.1) is 0 Å². The third-order valence-electron chi connectivity index (χ3n) is 4.76. The number of rotatable bonds is 9. The maximum Gasteiger partial charge on any atom is 0.332 e. The first-order chi connectivity index (χ1) is 15.3. The van der Waals surface area contributed by atoms with Gasteiger partial charge < -0.3 is 10.5 Å². The molecule has 9 nitrogen and oxygen atoms in total. The van der Waals surface area contributed by atoms with Crippen molar-refractivity contribution in [2.75, 3.05) is 12.3 Å². The van der Waals surface area contributed by atoms with Gasteiger partial charge in [-0.2, -0.15) is 0 Å². The molecule has 3 aromatic rings. The summed E-state index contributed by atoms with van der Waals surface area (Å²) in [6.45, 7) is -0.667. The van der Waals surface area contributed by atoms with E-state index in [0.29, 0.717) is 4.88 Å². The van der Waals surface area contributed by atoms with Gasteiger partial charge in [0, 0.05) is 13.5 Å². The molecular formula is C22H21N3O6S. The molecule has 0 saturated carbocycles. The van der Waals surface area contributed by atoms with Crippen LogP contribution < -0.4 is 17.0 Å². The van der Waals surface area contributed by atoms with Crippen molar-refractivity contribution in [1.82, 2.24) is 9.13 Å². The molecule has 0 aliphatic heterocycles. The number of ketones is 2. The van der Waals surface area contributed by atoms with E-state index < -0.39 is 35.2 Å². The second kappa shape index (κ2) is 10.0. The van der Waals surface area contributed by atoms with Gasteiger partial charge in [0.2, 0.25) is 5.78 Å². The zero-order valence-electron chi connectivity index (χ0n) is 17.3. The number of nitrogens with zero attached hydrogens (tertiary/aromatic N) is 2. The molecule has 0 bridgehead atoms. The number of hydrogen-bond donors (Lipinski definition) is 1. The van der Waals surface area contributed by atoms with Crippen LogP contribution in [-0.2, 0) is 23.1 Å². The summed E-state index contributed by atoms with van der Waals surface area (Å²) in [4.78, 5) is 62.1. The van der Waals surface area contributed by atoms with Crippen molar-refractivity contribution < 1.29 is 19.1 Å². The number of aromatic nitrogens is 2. The lowest BCUT2D eigenvalue weighted by Gasteiger charge is -2.14. The molecule has 2 N–H and O–H groups in total. The van der Waals surface area contributed by atoms with E-state index in [2.05, 4.69) is 0 Å². The monoisotopic (exact) mass is 455 g/mol. The van der Waals surface area contributed by atoms with E-state index in [0.717, 1.165) is 14.7 Å². The SMILES string of the molecule is Cn1c(=O)c(C(=O)COC(=O)CCC(=O)c2cccs2)c(N)n(Cc2ccccc2)c1=O. The quantitative estimate of drug-likeness (QED) is 0.383. The average molecular weight is 455 g/mol. The molecule has 3 rings (SSSR count). The first-order valence-electron chi connectivity index (χ1n) is 9.68. The maximum atomic E-state index is 12.6. The summed E-state index contributed by atoms with van der Waals surface area (Å²) >= 11 is 1.27. The van der Waals surface area contributed by atoms with E-state index in [4.69, 9.17) is 10.5 Å². The smallest absolute Gasteiger partial charge is 0.332 e. The molecule has 0 saturated heterocycles. The Morgan fingerprint density at radius 2 is 1.72 bits per heavy atom. The lowest BCUT2D eigenvalue weighted by Crippen LogP contribution is -2.43. The summed E-state index contributed by atoms with van der Waals surface area (Å²) in [5, 5.41) is 1.76. The van der Waals surface area contributed by atoms with Gasteiger partial charge in [0.05, 0.1) is 17.8 Å². The van der Waals surface area contributed by atoms with E-state index in [9.17, 15) is 24.0 Å². The van der Waals surface area contributed by atoms with Gasteiger partial charge in [-0.05, 0) is 17.0 Å². The molecule has 0 spiro atoms. The normalized spacial score (nSPS) is 10.7. The van der Waals surface area contributed by atoms with Gasteiger partial charge in [-0.25, -0.2) is 4.79 Å². The summed E-state index contributed by atoms with van der Waals surface area (Å²) in [5.41, 5.74) is 4.79. The number of Topliss-reactive ketones (excluding diaryl/α,β-unsaturated/α-hetero) is 2. The van der Waals surface area contributed by atoms with Crippen molar-refractivity contribution in [3.8, 4) is 0 Å². The third-order valence-corrected chi connectivity index (χ3v) is 5.67. The van der Waals surface area contributed by atoms with E-state index in [-0.39, 0.29) is 31.0 Å². The van der Waals surface area contributed by atoms with Gasteiger partial charge >= 0.3 is 11.7 Å². The van der Waals surface area contributed by atoms with Crippen molar-refractivity contribution in [3.05, 3.63) is 84.7 Å². The summed E-state index contributed by atoms with van der Waals surface area (Å²) in [5.74, 6) is -2.08. The van der Waals surface area contributed by atoms with Crippen LogP contribution in [0.3, 0.4) is 0 Å². The Balaban J connectivity index is 1.71. The van der Waals surface area contributed by atoms with Crippen LogP contribution in [0.15, 0.2) is 57.4 Å². The molecule has 0 amide bonds. The highest BCUT2D eigenvalue weighted by Gasteiger charge is 2.23. The Labute approximate surface area is 186 Å². The minimum atomic E-state index is -0.870. The van der Waals surface area contributed by atoms with Gasteiger partial charge in [0.25, 0.3) is 5.56 Å². The lowest BCUT2D eigenvalue weighted by atomic mass is 10.1. The van der Waals surface area contributed by atoms with E-state index in [1.807, 2.05) is 6.07 Å². The van der Waals surface area contributed by atoms with Crippen molar-refractivity contribution >= 4 is 34.7 Å². The number of thiophene rings is 1. The number of carbonyl (C=O) groups is 3. The first kappa shape index (κ1) is 22.9. The van der Waals surface area contributed by atoms with Crippen molar-refractivity contribution in [1.29, 1.82) is 0 Å². The van der Waals surface area contributed by atoms with E-state index in [1.165, 1.54) is 18.4 Å². The van der Waals surface area contributed by atoms with Gasteiger partial charge in [0.1, 0.15) is 11.4 Å². The highest BCUT2D eigenvalue weighted by molar-refractivity contribution is 7.12. The molecule has 166 valence electrons. The zero-order chi connectivity index (χ0) is 23.3. The minimum Gasteiger partial charge on any atom is -0.457 e. The second-order valence-corrected chi connectivity index (χ2v) is 7.91. The molecule has 0 fully saturated rings. The van der Waals surface area contributed by atoms with Crippen LogP contribution in [-0.4, -0.2) is 33.3 Å². The zero-order valence-corrected chi connectivity index (χ0v) is 18.1. The molecule has 1 aromatic carbocycles. The molecule has 0 aliphatic rings. The highest BCUT2D eigenvalue weighted by atomic mass is 32.1. The van der Waals surface area contributed by atoms with Crippen LogP contribution in [0.4, 0.5) is 5.82 Å². The molecule has 32 heavy (non-hydrogen) atoms. The van der Waals surface area contributed by atoms with Crippen LogP contribution >= 0.6 is 11.3 Å². The molecule has 0 unspecified atom stereocenters. The van der Waals surface area contributed by atoms with Crippen molar-refractivity contribution in [2.45, 2.75) is 19.4 Å². The molecule has 0 radical (unpaired) electrons. The fourth-order valence-electron chi connectivity index (χ4n) is 3.03. The van der Waals surface area contributed by atoms with E-state index >= 15 is 0 Å². The topological polar surface area (TPSA) is 130 Å². The average Bonchev–Trinajstić information content (AvgIpc) is 3.33. The summed E-state index contributed by atoms with van der Waals surface area (Å²) < 4.78 is 6.84. The van der Waals surface area contributed by atoms with Gasteiger partial charge in [-0.1, -0.05) is 36.4 Å². The fraction of sp³-hybridized carbons (Fsp3) is 0.227. The number of benzene rings is 1. The fourth-order valence-corrected chi connectivity index (χ4v) is 3.72. The Bertz CT molecular complexity index is 1260. The molecule has 2 aromatic heterocycles. The summed E-state index contributed by atoms with van der Waals surface area (Å²) in [7, 11) is 1.24. The Morgan fingerprint density at radius 3 is 2.38 bits per heavy atom. The van der Waals surface area contributed by atoms with Crippen LogP contribution in [0.2, 0.25) is 0 Å². The standard InChI is InChI=1S/C22H21N3O6S/c1-24-21(29)19(20(23)25(22(24)30)12-14-6-3-2-4-7-14)16(27)13-31-18(28)10-9-15(26)17-8-5-11-32-17/h2-8,11H,9-10,12-13,23H2,1H3. The number of carbonyl (C=O) groups excluding carboxylic acids is 3. The second-order valence-electron chi connectivity index (χ2n) is 6.96. The number of ether oxygens (including phenoxy) is 1. The molecular weight excluding hydrogens is 434 g/mol. The van der Waals surface area contributed by atoms with Crippen molar-refractivity contribution in [3.63, 3.8) is 0 Å². The maximum absolute atomic E-state index is 12.6. The summed E-state index contributed by atoms with van der Waals surface area (Å²) in [6, 6.07) is 12.3. The van der Waals surface area contributed by atoms with Crippen LogP contribution in [0.1, 0.15) is 38.4 Å². The largest absolute Gasteiger partial charge is 0.457 e. The Morgan fingerprint density at radius 1 is 1.00 bits per heavy atom. The predicted molar refractivity (Wildman–Crippen MR) is 119 cm³/mol.